The average Bonchev–Trinajstić information content (AvgIpc) is 2.94. The third-order valence-electron chi connectivity index (χ3n) is 4.25. The number of nitrogens with zero attached hydrogens (tertiary/aromatic N) is 2. The number of aryl methyl sites for hydroxylation is 4. The SMILES string of the molecule is Cc1cc(C)n(-c2ccc(CCC(=O)Nc3ccccc3C)cc2)n1. The minimum absolute atomic E-state index is 0.0388. The molecular formula is C21H23N3O. The van der Waals surface area contributed by atoms with Gasteiger partial charge >= 0.3 is 0 Å². The lowest BCUT2D eigenvalue weighted by Gasteiger charge is -2.09. The average molecular weight is 333 g/mol. The molecule has 1 N–H and O–H groups in total. The van der Waals surface area contributed by atoms with E-state index in [0.29, 0.717) is 6.42 Å². The topological polar surface area (TPSA) is 46.9 Å². The molecule has 0 atom stereocenters. The number of nitrogens with one attached hydrogen (secondary N) is 1. The van der Waals surface area contributed by atoms with Crippen molar-refractivity contribution in [2.24, 2.45) is 0 Å². The first-order valence-corrected chi connectivity index (χ1v) is 8.51. The molecule has 0 aliphatic heterocycles. The molecule has 0 saturated heterocycles. The lowest BCUT2D eigenvalue weighted by Crippen LogP contribution is -2.13. The molecule has 0 aliphatic carbocycles. The maximum absolute atomic E-state index is 12.1. The highest BCUT2D eigenvalue weighted by Gasteiger charge is 2.06. The lowest BCUT2D eigenvalue weighted by molar-refractivity contribution is -0.116. The molecule has 0 aliphatic rings. The Morgan fingerprint density at radius 2 is 1.76 bits per heavy atom. The molecule has 4 nitrogen and oxygen atoms in total. The van der Waals surface area contributed by atoms with Crippen molar-refractivity contribution in [3.63, 3.8) is 0 Å². The first-order chi connectivity index (χ1) is 12.0. The van der Waals surface area contributed by atoms with Crippen molar-refractivity contribution in [1.82, 2.24) is 9.78 Å². The third-order valence-corrected chi connectivity index (χ3v) is 4.25. The van der Waals surface area contributed by atoms with Crippen molar-refractivity contribution in [2.75, 3.05) is 5.32 Å². The number of carbonyl (C=O) groups is 1. The van der Waals surface area contributed by atoms with Crippen molar-refractivity contribution in [3.05, 3.63) is 77.1 Å². The van der Waals surface area contributed by atoms with Gasteiger partial charge in [-0.1, -0.05) is 30.3 Å². The molecule has 0 spiro atoms. The van der Waals surface area contributed by atoms with Gasteiger partial charge in [-0.05, 0) is 62.6 Å². The standard InChI is InChI=1S/C21H23N3O/c1-15-6-4-5-7-20(15)22-21(25)13-10-18-8-11-19(12-9-18)24-17(3)14-16(2)23-24/h4-9,11-12,14H,10,13H2,1-3H3,(H,22,25). The molecule has 2 aromatic carbocycles. The molecule has 0 radical (unpaired) electrons. The number of anilines is 1. The highest BCUT2D eigenvalue weighted by atomic mass is 16.1. The summed E-state index contributed by atoms with van der Waals surface area (Å²) in [5.74, 6) is 0.0388. The summed E-state index contributed by atoms with van der Waals surface area (Å²) in [6.07, 6.45) is 1.18. The zero-order valence-corrected chi connectivity index (χ0v) is 14.9. The first kappa shape index (κ1) is 17.0. The lowest BCUT2D eigenvalue weighted by atomic mass is 10.1. The summed E-state index contributed by atoms with van der Waals surface area (Å²) >= 11 is 0. The zero-order chi connectivity index (χ0) is 17.8. The number of rotatable bonds is 5. The van der Waals surface area contributed by atoms with Gasteiger partial charge in [-0.15, -0.1) is 0 Å². The van der Waals surface area contributed by atoms with Crippen molar-refractivity contribution in [1.29, 1.82) is 0 Å². The molecule has 0 unspecified atom stereocenters. The van der Waals surface area contributed by atoms with E-state index in [1.807, 2.05) is 61.9 Å². The molecule has 25 heavy (non-hydrogen) atoms. The van der Waals surface area contributed by atoms with E-state index in [-0.39, 0.29) is 5.91 Å². The summed E-state index contributed by atoms with van der Waals surface area (Å²) in [6.45, 7) is 6.03. The fraction of sp³-hybridized carbons (Fsp3) is 0.238. The summed E-state index contributed by atoms with van der Waals surface area (Å²) < 4.78 is 1.93. The molecule has 4 heteroatoms. The first-order valence-electron chi connectivity index (χ1n) is 8.51. The van der Waals surface area contributed by atoms with Gasteiger partial charge in [-0.2, -0.15) is 5.10 Å². The van der Waals surface area contributed by atoms with Gasteiger partial charge in [0.15, 0.2) is 0 Å². The van der Waals surface area contributed by atoms with E-state index in [4.69, 9.17) is 0 Å². The van der Waals surface area contributed by atoms with Crippen molar-refractivity contribution < 1.29 is 4.79 Å². The van der Waals surface area contributed by atoms with Crippen LogP contribution in [0.1, 0.15) is 28.9 Å². The molecule has 3 aromatic rings. The smallest absolute Gasteiger partial charge is 0.224 e. The summed E-state index contributed by atoms with van der Waals surface area (Å²) in [4.78, 5) is 12.1. The van der Waals surface area contributed by atoms with E-state index < -0.39 is 0 Å². The molecule has 0 fully saturated rings. The summed E-state index contributed by atoms with van der Waals surface area (Å²) in [5.41, 5.74) is 6.26. The Bertz CT molecular complexity index is 878. The van der Waals surface area contributed by atoms with Crippen LogP contribution in [0.2, 0.25) is 0 Å². The Balaban J connectivity index is 1.59. The van der Waals surface area contributed by atoms with Crippen molar-refractivity contribution in [2.45, 2.75) is 33.6 Å². The fourth-order valence-corrected chi connectivity index (χ4v) is 2.88. The van der Waals surface area contributed by atoms with E-state index >= 15 is 0 Å². The number of aromatic nitrogens is 2. The molecule has 3 rings (SSSR count). The van der Waals surface area contributed by atoms with Gasteiger partial charge in [0.05, 0.1) is 11.4 Å². The van der Waals surface area contributed by atoms with E-state index in [9.17, 15) is 4.79 Å². The summed E-state index contributed by atoms with van der Waals surface area (Å²) in [6, 6.07) is 18.1. The largest absolute Gasteiger partial charge is 0.326 e. The van der Waals surface area contributed by atoms with Gasteiger partial charge in [0, 0.05) is 17.8 Å². The van der Waals surface area contributed by atoms with E-state index in [2.05, 4.69) is 28.6 Å². The highest BCUT2D eigenvalue weighted by Crippen LogP contribution is 2.16. The van der Waals surface area contributed by atoms with E-state index in [1.165, 1.54) is 0 Å². The highest BCUT2D eigenvalue weighted by molar-refractivity contribution is 5.91. The maximum atomic E-state index is 12.1. The number of benzene rings is 2. The second kappa shape index (κ2) is 7.34. The van der Waals surface area contributed by atoms with Crippen LogP contribution in [0.3, 0.4) is 0 Å². The van der Waals surface area contributed by atoms with Crippen LogP contribution >= 0.6 is 0 Å². The minimum Gasteiger partial charge on any atom is -0.326 e. The van der Waals surface area contributed by atoms with Crippen LogP contribution in [0.4, 0.5) is 5.69 Å². The predicted octanol–water partition coefficient (Wildman–Crippen LogP) is 4.37. The Hall–Kier alpha value is -2.88. The van der Waals surface area contributed by atoms with Gasteiger partial charge < -0.3 is 5.32 Å². The van der Waals surface area contributed by atoms with Crippen LogP contribution < -0.4 is 5.32 Å². The molecule has 0 bridgehead atoms. The molecule has 1 amide bonds. The summed E-state index contributed by atoms with van der Waals surface area (Å²) in [5, 5.41) is 7.47. The fourth-order valence-electron chi connectivity index (χ4n) is 2.88. The van der Waals surface area contributed by atoms with Gasteiger partial charge in [0.1, 0.15) is 0 Å². The van der Waals surface area contributed by atoms with Gasteiger partial charge in [0.2, 0.25) is 5.91 Å². The molecule has 1 heterocycles. The zero-order valence-electron chi connectivity index (χ0n) is 14.9. The van der Waals surface area contributed by atoms with Crippen LogP contribution in [-0.4, -0.2) is 15.7 Å². The number of para-hydroxylation sites is 1. The van der Waals surface area contributed by atoms with E-state index in [1.54, 1.807) is 0 Å². The number of hydrogen-bond donors (Lipinski definition) is 1. The Kier molecular flexibility index (Phi) is 4.98. The van der Waals surface area contributed by atoms with Gasteiger partial charge in [0.25, 0.3) is 0 Å². The Labute approximate surface area is 148 Å². The van der Waals surface area contributed by atoms with Crippen molar-refractivity contribution >= 4 is 11.6 Å². The monoisotopic (exact) mass is 333 g/mol. The molecule has 128 valence electrons. The Morgan fingerprint density at radius 3 is 2.40 bits per heavy atom. The molecular weight excluding hydrogens is 310 g/mol. The number of amides is 1. The molecule has 1 aromatic heterocycles. The predicted molar refractivity (Wildman–Crippen MR) is 101 cm³/mol. The molecule has 0 saturated carbocycles. The second-order valence-corrected chi connectivity index (χ2v) is 6.37. The van der Waals surface area contributed by atoms with Crippen molar-refractivity contribution in [3.8, 4) is 5.69 Å². The van der Waals surface area contributed by atoms with Gasteiger partial charge in [-0.25, -0.2) is 4.68 Å². The Morgan fingerprint density at radius 1 is 1.04 bits per heavy atom. The maximum Gasteiger partial charge on any atom is 0.224 e. The number of carbonyl (C=O) groups excluding carboxylic acids is 1. The van der Waals surface area contributed by atoms with Crippen LogP contribution in [0.15, 0.2) is 54.6 Å². The van der Waals surface area contributed by atoms with Crippen LogP contribution in [-0.2, 0) is 11.2 Å². The summed E-state index contributed by atoms with van der Waals surface area (Å²) in [7, 11) is 0. The minimum atomic E-state index is 0.0388. The van der Waals surface area contributed by atoms with E-state index in [0.717, 1.165) is 40.3 Å². The normalized spacial score (nSPS) is 10.7. The van der Waals surface area contributed by atoms with Crippen LogP contribution in [0.25, 0.3) is 5.69 Å². The quantitative estimate of drug-likeness (QED) is 0.754. The van der Waals surface area contributed by atoms with Gasteiger partial charge in [-0.3, -0.25) is 4.79 Å². The third kappa shape index (κ3) is 4.15. The second-order valence-electron chi connectivity index (χ2n) is 6.37. The van der Waals surface area contributed by atoms with Crippen LogP contribution in [0.5, 0.6) is 0 Å². The number of hydrogen-bond acceptors (Lipinski definition) is 2. The van der Waals surface area contributed by atoms with Crippen LogP contribution in [0, 0.1) is 20.8 Å².